The summed E-state index contributed by atoms with van der Waals surface area (Å²) in [6, 6.07) is 8.10. The molecule has 0 radical (unpaired) electrons. The molecule has 2 N–H and O–H groups in total. The van der Waals surface area contributed by atoms with E-state index in [0.717, 1.165) is 47.6 Å². The topological polar surface area (TPSA) is 55.0 Å². The molecule has 0 aliphatic carbocycles. The molecule has 1 unspecified atom stereocenters. The molecule has 1 saturated heterocycles. The molecule has 0 spiro atoms. The molecule has 1 aromatic heterocycles. The Kier molecular flexibility index (Phi) is 3.98. The van der Waals surface area contributed by atoms with Gasteiger partial charge in [0, 0.05) is 35.5 Å². The quantitative estimate of drug-likeness (QED) is 0.938. The van der Waals surface area contributed by atoms with Crippen molar-refractivity contribution in [2.75, 3.05) is 24.5 Å². The minimum atomic E-state index is 0.571. The molecule has 5 heteroatoms. The van der Waals surface area contributed by atoms with E-state index in [-0.39, 0.29) is 0 Å². The van der Waals surface area contributed by atoms with Gasteiger partial charge in [-0.25, -0.2) is 9.97 Å². The third-order valence-electron chi connectivity index (χ3n) is 3.73. The molecule has 2 aromatic rings. The summed E-state index contributed by atoms with van der Waals surface area (Å²) in [6.45, 7) is 2.70. The van der Waals surface area contributed by atoms with Crippen LogP contribution in [-0.2, 0) is 0 Å². The summed E-state index contributed by atoms with van der Waals surface area (Å²) >= 11 is 3.56. The van der Waals surface area contributed by atoms with E-state index in [2.05, 4.69) is 36.9 Å². The largest absolute Gasteiger partial charge is 0.340 e. The Morgan fingerprint density at radius 2 is 2.00 bits per heavy atom. The fourth-order valence-corrected chi connectivity index (χ4v) is 3.04. The van der Waals surface area contributed by atoms with E-state index in [1.165, 1.54) is 0 Å². The maximum atomic E-state index is 5.72. The monoisotopic (exact) mass is 332 g/mol. The van der Waals surface area contributed by atoms with Crippen LogP contribution in [0.1, 0.15) is 6.42 Å². The first kappa shape index (κ1) is 13.5. The third-order valence-corrected chi connectivity index (χ3v) is 4.42. The van der Waals surface area contributed by atoms with E-state index >= 15 is 0 Å². The standard InChI is InChI=1S/C15H17BrN4/c16-14-4-2-1-3-13(14)12-8-18-15(19-9-12)20-6-5-11(7-17)10-20/h1-4,8-9,11H,5-7,10,17H2. The first-order valence-corrected chi connectivity index (χ1v) is 7.59. The predicted octanol–water partition coefficient (Wildman–Crippen LogP) is 2.69. The van der Waals surface area contributed by atoms with Crippen molar-refractivity contribution in [1.29, 1.82) is 0 Å². The summed E-state index contributed by atoms with van der Waals surface area (Å²) in [4.78, 5) is 11.2. The maximum Gasteiger partial charge on any atom is 0.225 e. The average molecular weight is 333 g/mol. The zero-order valence-electron chi connectivity index (χ0n) is 11.2. The Hall–Kier alpha value is -1.46. The van der Waals surface area contributed by atoms with Gasteiger partial charge in [0.1, 0.15) is 0 Å². The van der Waals surface area contributed by atoms with Gasteiger partial charge in [0.05, 0.1) is 0 Å². The molecule has 3 rings (SSSR count). The van der Waals surface area contributed by atoms with Crippen molar-refractivity contribution in [3.05, 3.63) is 41.1 Å². The van der Waals surface area contributed by atoms with Crippen LogP contribution in [0.4, 0.5) is 5.95 Å². The summed E-state index contributed by atoms with van der Waals surface area (Å²) in [5.74, 6) is 1.37. The van der Waals surface area contributed by atoms with Crippen molar-refractivity contribution in [2.45, 2.75) is 6.42 Å². The van der Waals surface area contributed by atoms with Gasteiger partial charge in [-0.3, -0.25) is 0 Å². The zero-order chi connectivity index (χ0) is 13.9. The summed E-state index contributed by atoms with van der Waals surface area (Å²) in [5, 5.41) is 0. The van der Waals surface area contributed by atoms with Gasteiger partial charge in [-0.1, -0.05) is 34.1 Å². The van der Waals surface area contributed by atoms with Crippen LogP contribution in [0.3, 0.4) is 0 Å². The van der Waals surface area contributed by atoms with Crippen molar-refractivity contribution in [1.82, 2.24) is 9.97 Å². The molecule has 20 heavy (non-hydrogen) atoms. The zero-order valence-corrected chi connectivity index (χ0v) is 12.8. The van der Waals surface area contributed by atoms with Crippen LogP contribution in [0.5, 0.6) is 0 Å². The van der Waals surface area contributed by atoms with Crippen LogP contribution < -0.4 is 10.6 Å². The van der Waals surface area contributed by atoms with Gasteiger partial charge in [-0.2, -0.15) is 0 Å². The van der Waals surface area contributed by atoms with Crippen LogP contribution in [0.2, 0.25) is 0 Å². The highest BCUT2D eigenvalue weighted by Gasteiger charge is 2.23. The lowest BCUT2D eigenvalue weighted by molar-refractivity contribution is 0.602. The Bertz CT molecular complexity index is 585. The van der Waals surface area contributed by atoms with Crippen molar-refractivity contribution < 1.29 is 0 Å². The van der Waals surface area contributed by atoms with Gasteiger partial charge in [-0.15, -0.1) is 0 Å². The number of hydrogen-bond donors (Lipinski definition) is 1. The second-order valence-electron chi connectivity index (χ2n) is 5.09. The molecule has 104 valence electrons. The smallest absolute Gasteiger partial charge is 0.225 e. The van der Waals surface area contributed by atoms with E-state index < -0.39 is 0 Å². The summed E-state index contributed by atoms with van der Waals surface area (Å²) in [6.07, 6.45) is 4.91. The lowest BCUT2D eigenvalue weighted by Crippen LogP contribution is -2.24. The van der Waals surface area contributed by atoms with Gasteiger partial charge in [0.2, 0.25) is 5.95 Å². The molecule has 0 bridgehead atoms. The lowest BCUT2D eigenvalue weighted by Gasteiger charge is -2.16. The number of nitrogens with two attached hydrogens (primary N) is 1. The molecule has 1 aliphatic rings. The van der Waals surface area contributed by atoms with Crippen molar-refractivity contribution in [3.63, 3.8) is 0 Å². The molecular weight excluding hydrogens is 316 g/mol. The van der Waals surface area contributed by atoms with Crippen molar-refractivity contribution >= 4 is 21.9 Å². The Labute approximate surface area is 127 Å². The molecule has 0 amide bonds. The maximum absolute atomic E-state index is 5.72. The van der Waals surface area contributed by atoms with Crippen LogP contribution in [-0.4, -0.2) is 29.6 Å². The second-order valence-corrected chi connectivity index (χ2v) is 5.94. The molecule has 4 nitrogen and oxygen atoms in total. The fourth-order valence-electron chi connectivity index (χ4n) is 2.53. The number of rotatable bonds is 3. The van der Waals surface area contributed by atoms with Crippen LogP contribution in [0.15, 0.2) is 41.1 Å². The molecule has 1 atom stereocenters. The molecule has 1 aliphatic heterocycles. The summed E-state index contributed by atoms with van der Waals surface area (Å²) < 4.78 is 1.06. The normalized spacial score (nSPS) is 18.5. The summed E-state index contributed by atoms with van der Waals surface area (Å²) in [7, 11) is 0. The molecule has 2 heterocycles. The van der Waals surface area contributed by atoms with Gasteiger partial charge >= 0.3 is 0 Å². The van der Waals surface area contributed by atoms with Crippen LogP contribution in [0.25, 0.3) is 11.1 Å². The van der Waals surface area contributed by atoms with Crippen LogP contribution in [0, 0.1) is 5.92 Å². The van der Waals surface area contributed by atoms with Crippen molar-refractivity contribution in [3.8, 4) is 11.1 Å². The average Bonchev–Trinajstić information content (AvgIpc) is 2.97. The van der Waals surface area contributed by atoms with E-state index in [9.17, 15) is 0 Å². The third kappa shape index (κ3) is 2.69. The molecule has 0 saturated carbocycles. The SMILES string of the molecule is NCC1CCN(c2ncc(-c3ccccc3Br)cn2)C1. The predicted molar refractivity (Wildman–Crippen MR) is 84.5 cm³/mol. The number of aromatic nitrogens is 2. The lowest BCUT2D eigenvalue weighted by atomic mass is 10.1. The highest BCUT2D eigenvalue weighted by molar-refractivity contribution is 9.10. The number of benzene rings is 1. The first-order valence-electron chi connectivity index (χ1n) is 6.80. The summed E-state index contributed by atoms with van der Waals surface area (Å²) in [5.41, 5.74) is 7.85. The number of halogens is 1. The van der Waals surface area contributed by atoms with Gasteiger partial charge in [0.15, 0.2) is 0 Å². The van der Waals surface area contributed by atoms with Crippen LogP contribution >= 0.6 is 15.9 Å². The number of anilines is 1. The van der Waals surface area contributed by atoms with Crippen molar-refractivity contribution in [2.24, 2.45) is 11.7 Å². The fraction of sp³-hybridized carbons (Fsp3) is 0.333. The Morgan fingerprint density at radius 1 is 1.25 bits per heavy atom. The van der Waals surface area contributed by atoms with Gasteiger partial charge < -0.3 is 10.6 Å². The Balaban J connectivity index is 1.80. The van der Waals surface area contributed by atoms with Gasteiger partial charge in [0.25, 0.3) is 0 Å². The van der Waals surface area contributed by atoms with E-state index in [4.69, 9.17) is 5.73 Å². The molecule has 1 fully saturated rings. The first-order chi connectivity index (χ1) is 9.78. The number of hydrogen-bond acceptors (Lipinski definition) is 4. The van der Waals surface area contributed by atoms with E-state index in [0.29, 0.717) is 5.92 Å². The minimum absolute atomic E-state index is 0.571. The van der Waals surface area contributed by atoms with Gasteiger partial charge in [-0.05, 0) is 30.5 Å². The van der Waals surface area contributed by atoms with E-state index in [1.807, 2.05) is 30.6 Å². The Morgan fingerprint density at radius 3 is 2.65 bits per heavy atom. The molecule has 1 aromatic carbocycles. The highest BCUT2D eigenvalue weighted by Crippen LogP contribution is 2.28. The van der Waals surface area contributed by atoms with E-state index in [1.54, 1.807) is 0 Å². The molecular formula is C15H17BrN4. The second kappa shape index (κ2) is 5.89. The minimum Gasteiger partial charge on any atom is -0.340 e. The highest BCUT2D eigenvalue weighted by atomic mass is 79.9. The number of nitrogens with zero attached hydrogens (tertiary/aromatic N) is 3.